The van der Waals surface area contributed by atoms with Crippen molar-refractivity contribution in [1.82, 2.24) is 14.4 Å². The number of imidazole rings is 1. The summed E-state index contributed by atoms with van der Waals surface area (Å²) in [6.07, 6.45) is 4.61. The standard InChI is InChI=1S/C9H9ClN4O/c1-5(11)8(15)7-9-13-4-6(10)14(9)3-2-12-7/h2-5H,11H2,1H3. The zero-order chi connectivity index (χ0) is 11.0. The van der Waals surface area contributed by atoms with Crippen LogP contribution in [0, 0.1) is 0 Å². The van der Waals surface area contributed by atoms with E-state index in [0.29, 0.717) is 10.8 Å². The molecule has 0 aliphatic rings. The molecule has 0 fully saturated rings. The molecule has 0 saturated carbocycles. The van der Waals surface area contributed by atoms with E-state index in [0.717, 1.165) is 0 Å². The molecule has 78 valence electrons. The summed E-state index contributed by atoms with van der Waals surface area (Å²) in [6.45, 7) is 1.61. The first-order valence-corrected chi connectivity index (χ1v) is 4.76. The van der Waals surface area contributed by atoms with Crippen molar-refractivity contribution in [3.05, 3.63) is 29.4 Å². The Labute approximate surface area is 90.9 Å². The number of rotatable bonds is 2. The summed E-state index contributed by atoms with van der Waals surface area (Å²) in [5.74, 6) is -0.247. The number of nitrogens with zero attached hydrogens (tertiary/aromatic N) is 3. The third-order valence-electron chi connectivity index (χ3n) is 2.03. The van der Waals surface area contributed by atoms with Crippen molar-refractivity contribution < 1.29 is 4.79 Å². The van der Waals surface area contributed by atoms with Crippen LogP contribution in [0.2, 0.25) is 5.15 Å². The Morgan fingerprint density at radius 3 is 3.00 bits per heavy atom. The zero-order valence-corrected chi connectivity index (χ0v) is 8.77. The summed E-state index contributed by atoms with van der Waals surface area (Å²) in [7, 11) is 0. The SMILES string of the molecule is CC(N)C(=O)c1nccn2c(Cl)cnc12. The number of halogens is 1. The van der Waals surface area contributed by atoms with Gasteiger partial charge in [0.1, 0.15) is 5.15 Å². The molecule has 0 aliphatic carbocycles. The fraction of sp³-hybridized carbons (Fsp3) is 0.222. The van der Waals surface area contributed by atoms with E-state index in [2.05, 4.69) is 9.97 Å². The molecule has 5 nitrogen and oxygen atoms in total. The average Bonchev–Trinajstić information content (AvgIpc) is 2.59. The van der Waals surface area contributed by atoms with Crippen LogP contribution >= 0.6 is 11.6 Å². The first kappa shape index (κ1) is 10.1. The lowest BCUT2D eigenvalue weighted by atomic mass is 10.2. The second kappa shape index (κ2) is 3.60. The number of ketones is 1. The van der Waals surface area contributed by atoms with Gasteiger partial charge < -0.3 is 5.73 Å². The first-order chi connectivity index (χ1) is 7.11. The van der Waals surface area contributed by atoms with E-state index in [9.17, 15) is 4.79 Å². The fourth-order valence-electron chi connectivity index (χ4n) is 1.28. The van der Waals surface area contributed by atoms with Crippen LogP contribution < -0.4 is 5.73 Å². The average molecular weight is 225 g/mol. The number of hydrogen-bond donors (Lipinski definition) is 1. The Morgan fingerprint density at radius 1 is 1.60 bits per heavy atom. The highest BCUT2D eigenvalue weighted by Gasteiger charge is 2.17. The summed E-state index contributed by atoms with van der Waals surface area (Å²) in [5.41, 5.74) is 6.19. The maximum atomic E-state index is 11.7. The minimum absolute atomic E-state index is 0.247. The van der Waals surface area contributed by atoms with E-state index in [1.807, 2.05) is 0 Å². The Kier molecular flexibility index (Phi) is 2.42. The van der Waals surface area contributed by atoms with Crippen LogP contribution in [0.4, 0.5) is 0 Å². The van der Waals surface area contributed by atoms with Crippen molar-refractivity contribution in [1.29, 1.82) is 0 Å². The van der Waals surface area contributed by atoms with E-state index in [1.165, 1.54) is 12.4 Å². The van der Waals surface area contributed by atoms with Crippen molar-refractivity contribution in [2.45, 2.75) is 13.0 Å². The van der Waals surface area contributed by atoms with Gasteiger partial charge in [0.25, 0.3) is 0 Å². The highest BCUT2D eigenvalue weighted by molar-refractivity contribution is 6.29. The van der Waals surface area contributed by atoms with Crippen LogP contribution in [-0.2, 0) is 0 Å². The number of aromatic nitrogens is 3. The topological polar surface area (TPSA) is 73.3 Å². The van der Waals surface area contributed by atoms with Crippen molar-refractivity contribution >= 4 is 23.0 Å². The largest absolute Gasteiger partial charge is 0.321 e. The lowest BCUT2D eigenvalue weighted by molar-refractivity contribution is 0.0964. The van der Waals surface area contributed by atoms with Gasteiger partial charge in [-0.1, -0.05) is 11.6 Å². The predicted octanol–water partition coefficient (Wildman–Crippen LogP) is 0.913. The van der Waals surface area contributed by atoms with Gasteiger partial charge in [0.05, 0.1) is 12.2 Å². The Bertz CT molecular complexity index is 520. The van der Waals surface area contributed by atoms with Crippen molar-refractivity contribution in [3.8, 4) is 0 Å². The normalized spacial score (nSPS) is 13.0. The molecule has 2 rings (SSSR count). The molecule has 0 spiro atoms. The van der Waals surface area contributed by atoms with E-state index >= 15 is 0 Å². The van der Waals surface area contributed by atoms with Crippen LogP contribution in [0.25, 0.3) is 5.65 Å². The Balaban J connectivity index is 2.66. The smallest absolute Gasteiger partial charge is 0.201 e. The zero-order valence-electron chi connectivity index (χ0n) is 8.01. The molecule has 2 N–H and O–H groups in total. The molecular weight excluding hydrogens is 216 g/mol. The highest BCUT2D eigenvalue weighted by Crippen LogP contribution is 2.14. The molecule has 6 heteroatoms. The quantitative estimate of drug-likeness (QED) is 0.770. The molecule has 1 atom stereocenters. The van der Waals surface area contributed by atoms with Gasteiger partial charge in [0, 0.05) is 12.4 Å². The summed E-state index contributed by atoms with van der Waals surface area (Å²) in [6, 6.07) is -0.598. The van der Waals surface area contributed by atoms with Crippen LogP contribution in [0.3, 0.4) is 0 Å². The number of carbonyl (C=O) groups excluding carboxylic acids is 1. The molecule has 2 heterocycles. The summed E-state index contributed by atoms with van der Waals surface area (Å²) in [5, 5.41) is 0.436. The molecule has 0 saturated heterocycles. The van der Waals surface area contributed by atoms with Gasteiger partial charge in [0.15, 0.2) is 11.3 Å². The minimum atomic E-state index is -0.598. The van der Waals surface area contributed by atoms with E-state index in [1.54, 1.807) is 17.5 Å². The summed E-state index contributed by atoms with van der Waals surface area (Å²) >= 11 is 5.86. The maximum absolute atomic E-state index is 11.7. The molecule has 15 heavy (non-hydrogen) atoms. The molecule has 0 bridgehead atoms. The highest BCUT2D eigenvalue weighted by atomic mass is 35.5. The van der Waals surface area contributed by atoms with E-state index in [4.69, 9.17) is 17.3 Å². The van der Waals surface area contributed by atoms with Gasteiger partial charge in [-0.15, -0.1) is 0 Å². The van der Waals surface area contributed by atoms with Crippen LogP contribution in [0.1, 0.15) is 17.4 Å². The second-order valence-corrected chi connectivity index (χ2v) is 3.59. The van der Waals surface area contributed by atoms with E-state index < -0.39 is 6.04 Å². The Morgan fingerprint density at radius 2 is 2.33 bits per heavy atom. The maximum Gasteiger partial charge on any atom is 0.201 e. The van der Waals surface area contributed by atoms with Gasteiger partial charge in [-0.2, -0.15) is 0 Å². The van der Waals surface area contributed by atoms with Crippen LogP contribution in [0.15, 0.2) is 18.6 Å². The van der Waals surface area contributed by atoms with Gasteiger partial charge in [-0.05, 0) is 6.92 Å². The van der Waals surface area contributed by atoms with Crippen LogP contribution in [0.5, 0.6) is 0 Å². The number of nitrogens with two attached hydrogens (primary N) is 1. The number of fused-ring (bicyclic) bond motifs is 1. The molecule has 1 unspecified atom stereocenters. The third-order valence-corrected chi connectivity index (χ3v) is 2.31. The van der Waals surface area contributed by atoms with Gasteiger partial charge in [-0.3, -0.25) is 9.20 Å². The lowest BCUT2D eigenvalue weighted by Gasteiger charge is -2.04. The molecular formula is C9H9ClN4O. The number of hydrogen-bond acceptors (Lipinski definition) is 4. The van der Waals surface area contributed by atoms with Crippen molar-refractivity contribution in [2.75, 3.05) is 0 Å². The minimum Gasteiger partial charge on any atom is -0.321 e. The fourth-order valence-corrected chi connectivity index (χ4v) is 1.46. The molecule has 2 aromatic heterocycles. The Hall–Kier alpha value is -1.46. The van der Waals surface area contributed by atoms with Crippen molar-refractivity contribution in [3.63, 3.8) is 0 Å². The predicted molar refractivity (Wildman–Crippen MR) is 56.0 cm³/mol. The van der Waals surface area contributed by atoms with Crippen LogP contribution in [-0.4, -0.2) is 26.2 Å². The third kappa shape index (κ3) is 1.60. The lowest BCUT2D eigenvalue weighted by Crippen LogP contribution is -2.28. The molecule has 2 aromatic rings. The summed E-state index contributed by atoms with van der Waals surface area (Å²) < 4.78 is 1.59. The molecule has 0 aromatic carbocycles. The monoisotopic (exact) mass is 224 g/mol. The molecule has 0 aliphatic heterocycles. The first-order valence-electron chi connectivity index (χ1n) is 4.38. The van der Waals surface area contributed by atoms with Gasteiger partial charge >= 0.3 is 0 Å². The van der Waals surface area contributed by atoms with Crippen molar-refractivity contribution in [2.24, 2.45) is 5.73 Å². The summed E-state index contributed by atoms with van der Waals surface area (Å²) in [4.78, 5) is 19.7. The molecule has 0 radical (unpaired) electrons. The van der Waals surface area contributed by atoms with Gasteiger partial charge in [-0.25, -0.2) is 9.97 Å². The van der Waals surface area contributed by atoms with E-state index in [-0.39, 0.29) is 11.5 Å². The number of Topliss-reactive ketones (excluding diaryl/α,β-unsaturated/α-hetero) is 1. The number of carbonyl (C=O) groups is 1. The second-order valence-electron chi connectivity index (χ2n) is 3.20. The van der Waals surface area contributed by atoms with Gasteiger partial charge in [0.2, 0.25) is 5.78 Å². The molecule has 0 amide bonds.